The third kappa shape index (κ3) is 2.23. The number of halogens is 1. The van der Waals surface area contributed by atoms with Crippen molar-refractivity contribution in [1.82, 2.24) is 8.97 Å². The molecule has 3 heterocycles. The molecular formula is C25H15ClN4O. The van der Waals surface area contributed by atoms with Gasteiger partial charge in [0.15, 0.2) is 0 Å². The smallest absolute Gasteiger partial charge is 0.264 e. The molecule has 0 saturated heterocycles. The number of imidazole rings is 1. The topological polar surface area (TPSA) is 76.2 Å². The van der Waals surface area contributed by atoms with Crippen LogP contribution >= 0.6 is 11.6 Å². The third-order valence-electron chi connectivity index (χ3n) is 6.10. The number of hydrogen-bond acceptors (Lipinski definition) is 3. The van der Waals surface area contributed by atoms with Gasteiger partial charge in [-0.15, -0.1) is 0 Å². The summed E-state index contributed by atoms with van der Waals surface area (Å²) in [6.45, 7) is 0. The first kappa shape index (κ1) is 17.8. The van der Waals surface area contributed by atoms with E-state index in [1.54, 1.807) is 16.5 Å². The first-order valence-corrected chi connectivity index (χ1v) is 10.2. The van der Waals surface area contributed by atoms with E-state index in [1.807, 2.05) is 65.2 Å². The Kier molecular flexibility index (Phi) is 3.59. The van der Waals surface area contributed by atoms with Gasteiger partial charge >= 0.3 is 0 Å². The number of allylic oxidation sites excluding steroid dienone is 1. The molecule has 6 rings (SSSR count). The fourth-order valence-corrected chi connectivity index (χ4v) is 4.94. The van der Waals surface area contributed by atoms with E-state index in [9.17, 15) is 10.1 Å². The predicted molar refractivity (Wildman–Crippen MR) is 123 cm³/mol. The molecule has 0 saturated carbocycles. The van der Waals surface area contributed by atoms with Gasteiger partial charge in [0.1, 0.15) is 11.5 Å². The predicted octanol–water partition coefficient (Wildman–Crippen LogP) is 4.86. The summed E-state index contributed by atoms with van der Waals surface area (Å²) >= 11 is 6.13. The minimum Gasteiger partial charge on any atom is -0.384 e. The van der Waals surface area contributed by atoms with Crippen molar-refractivity contribution >= 4 is 44.9 Å². The normalized spacial score (nSPS) is 15.7. The van der Waals surface area contributed by atoms with Crippen molar-refractivity contribution in [3.8, 4) is 6.07 Å². The van der Waals surface area contributed by atoms with Gasteiger partial charge in [0.05, 0.1) is 28.6 Å². The van der Waals surface area contributed by atoms with Crippen LogP contribution in [0, 0.1) is 11.3 Å². The first-order valence-electron chi connectivity index (χ1n) is 9.84. The minimum absolute atomic E-state index is 0.104. The quantitative estimate of drug-likeness (QED) is 0.419. The zero-order chi connectivity index (χ0) is 21.3. The van der Waals surface area contributed by atoms with Crippen LogP contribution in [0.4, 0.5) is 0 Å². The molecule has 5 nitrogen and oxygen atoms in total. The van der Waals surface area contributed by atoms with Gasteiger partial charge in [-0.2, -0.15) is 5.26 Å². The molecular weight excluding hydrogens is 408 g/mol. The summed E-state index contributed by atoms with van der Waals surface area (Å²) < 4.78 is 3.56. The lowest BCUT2D eigenvalue weighted by molar-refractivity contribution is 0.918. The molecule has 0 radical (unpaired) electrons. The van der Waals surface area contributed by atoms with Crippen LogP contribution in [0.15, 0.2) is 83.2 Å². The lowest BCUT2D eigenvalue weighted by atomic mass is 9.82. The Balaban J connectivity index is 1.93. The Labute approximate surface area is 181 Å². The van der Waals surface area contributed by atoms with Crippen molar-refractivity contribution in [3.05, 3.63) is 105 Å². The van der Waals surface area contributed by atoms with Crippen LogP contribution in [0.1, 0.15) is 17.0 Å². The van der Waals surface area contributed by atoms with Gasteiger partial charge in [-0.05, 0) is 41.3 Å². The van der Waals surface area contributed by atoms with Crippen LogP contribution in [0.3, 0.4) is 0 Å². The molecule has 2 N–H and O–H groups in total. The summed E-state index contributed by atoms with van der Waals surface area (Å²) in [5.74, 6) is -0.0806. The average molecular weight is 423 g/mol. The van der Waals surface area contributed by atoms with Gasteiger partial charge in [-0.1, -0.05) is 54.1 Å². The Morgan fingerprint density at radius 1 is 0.903 bits per heavy atom. The molecule has 1 unspecified atom stereocenters. The van der Waals surface area contributed by atoms with Crippen LogP contribution in [0.2, 0.25) is 5.02 Å². The van der Waals surface area contributed by atoms with E-state index in [4.69, 9.17) is 17.3 Å². The molecule has 6 heteroatoms. The fourth-order valence-electron chi connectivity index (χ4n) is 4.81. The molecule has 3 aromatic carbocycles. The second-order valence-electron chi connectivity index (χ2n) is 7.64. The van der Waals surface area contributed by atoms with Gasteiger partial charge in [0.25, 0.3) is 5.56 Å². The van der Waals surface area contributed by atoms with Crippen molar-refractivity contribution < 1.29 is 0 Å². The molecule has 0 bridgehead atoms. The maximum atomic E-state index is 13.6. The van der Waals surface area contributed by atoms with Crippen LogP contribution < -0.4 is 11.3 Å². The average Bonchev–Trinajstić information content (AvgIpc) is 3.14. The monoisotopic (exact) mass is 422 g/mol. The summed E-state index contributed by atoms with van der Waals surface area (Å²) in [4.78, 5) is 13.6. The number of benzene rings is 3. The Morgan fingerprint density at radius 3 is 2.26 bits per heavy atom. The summed E-state index contributed by atoms with van der Waals surface area (Å²) in [6.07, 6.45) is 0. The maximum Gasteiger partial charge on any atom is 0.264 e. The van der Waals surface area contributed by atoms with Gasteiger partial charge in [0, 0.05) is 16.0 Å². The summed E-state index contributed by atoms with van der Waals surface area (Å²) in [5.41, 5.74) is 11.0. The number of hydrogen-bond donors (Lipinski definition) is 1. The van der Waals surface area contributed by atoms with Gasteiger partial charge in [0.2, 0.25) is 0 Å². The molecule has 31 heavy (non-hydrogen) atoms. The lowest BCUT2D eigenvalue weighted by Gasteiger charge is -2.27. The number of nitrogens with zero attached hydrogens (tertiary/aromatic N) is 3. The molecule has 1 aliphatic rings. The number of aromatic nitrogens is 2. The van der Waals surface area contributed by atoms with E-state index in [1.165, 1.54) is 0 Å². The van der Waals surface area contributed by atoms with E-state index >= 15 is 0 Å². The van der Waals surface area contributed by atoms with E-state index < -0.39 is 5.92 Å². The fraction of sp³-hybridized carbons (Fsp3) is 0.0400. The highest BCUT2D eigenvalue weighted by molar-refractivity contribution is 6.30. The molecule has 1 aliphatic heterocycles. The zero-order valence-electron chi connectivity index (χ0n) is 16.2. The molecule has 5 aromatic rings. The van der Waals surface area contributed by atoms with Crippen molar-refractivity contribution in [2.24, 2.45) is 5.73 Å². The zero-order valence-corrected chi connectivity index (χ0v) is 17.0. The van der Waals surface area contributed by atoms with E-state index in [0.29, 0.717) is 27.5 Å². The molecule has 0 amide bonds. The SMILES string of the molecule is N#CC1=C(N)n2c3ccccc3n3c(=O)c4ccccc4c(c23)C1c1ccc(Cl)cc1. The van der Waals surface area contributed by atoms with Crippen molar-refractivity contribution in [2.75, 3.05) is 0 Å². The molecule has 1 atom stereocenters. The van der Waals surface area contributed by atoms with Crippen LogP contribution in [0.5, 0.6) is 0 Å². The largest absolute Gasteiger partial charge is 0.384 e. The van der Waals surface area contributed by atoms with E-state index in [2.05, 4.69) is 6.07 Å². The van der Waals surface area contributed by atoms with E-state index in [0.717, 1.165) is 27.5 Å². The van der Waals surface area contributed by atoms with Crippen LogP contribution in [-0.2, 0) is 0 Å². The highest BCUT2D eigenvalue weighted by atomic mass is 35.5. The molecule has 2 aromatic heterocycles. The van der Waals surface area contributed by atoms with Crippen molar-refractivity contribution in [3.63, 3.8) is 0 Å². The number of pyridine rings is 1. The molecule has 0 spiro atoms. The maximum absolute atomic E-state index is 13.6. The molecule has 0 aliphatic carbocycles. The summed E-state index contributed by atoms with van der Waals surface area (Å²) in [6, 6.07) is 24.9. The minimum atomic E-state index is -0.417. The third-order valence-corrected chi connectivity index (χ3v) is 6.35. The number of rotatable bonds is 1. The van der Waals surface area contributed by atoms with Gasteiger partial charge in [-0.3, -0.25) is 13.8 Å². The number of para-hydroxylation sites is 2. The van der Waals surface area contributed by atoms with Crippen LogP contribution in [-0.4, -0.2) is 8.97 Å². The van der Waals surface area contributed by atoms with Crippen molar-refractivity contribution in [1.29, 1.82) is 5.26 Å². The second-order valence-corrected chi connectivity index (χ2v) is 8.08. The second kappa shape index (κ2) is 6.24. The highest BCUT2D eigenvalue weighted by Crippen LogP contribution is 2.44. The standard InChI is InChI=1S/C25H15ClN4O/c26-15-11-9-14(10-12-15)21-18(13-27)23(28)29-19-7-3-4-8-20(19)30-24(29)22(21)16-5-1-2-6-17(16)25(30)31/h1-12,21H,28H2. The molecule has 148 valence electrons. The summed E-state index contributed by atoms with van der Waals surface area (Å²) in [7, 11) is 0. The first-order chi connectivity index (χ1) is 15.1. The van der Waals surface area contributed by atoms with Gasteiger partial charge < -0.3 is 5.73 Å². The van der Waals surface area contributed by atoms with Gasteiger partial charge in [-0.25, -0.2) is 0 Å². The number of nitrogens with two attached hydrogens (primary N) is 1. The Hall–Kier alpha value is -4.01. The number of nitriles is 1. The molecule has 0 fully saturated rings. The Morgan fingerprint density at radius 2 is 1.55 bits per heavy atom. The number of fused-ring (bicyclic) bond motifs is 5. The highest BCUT2D eigenvalue weighted by Gasteiger charge is 2.34. The van der Waals surface area contributed by atoms with Crippen LogP contribution in [0.25, 0.3) is 33.3 Å². The summed E-state index contributed by atoms with van der Waals surface area (Å²) in [5, 5.41) is 12.2. The van der Waals surface area contributed by atoms with Crippen molar-refractivity contribution in [2.45, 2.75) is 5.92 Å². The Bertz CT molecular complexity index is 1680. The lowest BCUT2D eigenvalue weighted by Crippen LogP contribution is -2.24. The van der Waals surface area contributed by atoms with E-state index in [-0.39, 0.29) is 5.56 Å².